The van der Waals surface area contributed by atoms with Crippen molar-refractivity contribution in [2.24, 2.45) is 0 Å². The predicted molar refractivity (Wildman–Crippen MR) is 122 cm³/mol. The first-order valence-electron chi connectivity index (χ1n) is 10.2. The molecule has 1 N–H and O–H groups in total. The summed E-state index contributed by atoms with van der Waals surface area (Å²) < 4.78 is 14.9. The predicted octanol–water partition coefficient (Wildman–Crippen LogP) is 5.61. The second-order valence-electron chi connectivity index (χ2n) is 7.59. The Kier molecular flexibility index (Phi) is 4.79. The van der Waals surface area contributed by atoms with Gasteiger partial charge < -0.3 is 5.11 Å². The number of carbonyl (C=O) groups is 2. The van der Waals surface area contributed by atoms with Gasteiger partial charge in [0.1, 0.15) is 11.6 Å². The molecule has 0 radical (unpaired) electrons. The fourth-order valence-electron chi connectivity index (χ4n) is 4.17. The van der Waals surface area contributed by atoms with Gasteiger partial charge in [0.25, 0.3) is 11.7 Å². The van der Waals surface area contributed by atoms with Crippen LogP contribution < -0.4 is 4.90 Å². The average molecular weight is 423 g/mol. The van der Waals surface area contributed by atoms with E-state index in [1.54, 1.807) is 48.5 Å². The molecule has 32 heavy (non-hydrogen) atoms. The number of halogens is 1. The number of amides is 1. The highest BCUT2D eigenvalue weighted by Crippen LogP contribution is 2.43. The molecule has 5 rings (SSSR count). The van der Waals surface area contributed by atoms with E-state index >= 15 is 0 Å². The lowest BCUT2D eigenvalue weighted by molar-refractivity contribution is -0.132. The lowest BCUT2D eigenvalue weighted by atomic mass is 9.94. The molecule has 5 heteroatoms. The van der Waals surface area contributed by atoms with Gasteiger partial charge in [0, 0.05) is 16.8 Å². The summed E-state index contributed by atoms with van der Waals surface area (Å²) in [6.45, 7) is 0. The van der Waals surface area contributed by atoms with Crippen molar-refractivity contribution in [1.82, 2.24) is 0 Å². The first kappa shape index (κ1) is 19.7. The third kappa shape index (κ3) is 3.15. The van der Waals surface area contributed by atoms with Crippen LogP contribution in [0.2, 0.25) is 0 Å². The van der Waals surface area contributed by atoms with Crippen LogP contribution in [0.25, 0.3) is 16.5 Å². The van der Waals surface area contributed by atoms with E-state index in [2.05, 4.69) is 0 Å². The van der Waals surface area contributed by atoms with Crippen molar-refractivity contribution in [3.05, 3.63) is 120 Å². The Labute approximate surface area is 183 Å². The van der Waals surface area contributed by atoms with Crippen LogP contribution in [0, 0.1) is 5.82 Å². The van der Waals surface area contributed by atoms with Crippen LogP contribution in [0.3, 0.4) is 0 Å². The number of rotatable bonds is 3. The summed E-state index contributed by atoms with van der Waals surface area (Å²) in [6, 6.07) is 26.4. The number of anilines is 1. The zero-order valence-electron chi connectivity index (χ0n) is 16.9. The number of Topliss-reactive ketones (excluding diaryl/α,β-unsaturated/α-hetero) is 1. The molecule has 1 heterocycles. The van der Waals surface area contributed by atoms with Crippen molar-refractivity contribution >= 4 is 33.9 Å². The summed E-state index contributed by atoms with van der Waals surface area (Å²) in [5.74, 6) is -2.56. The lowest BCUT2D eigenvalue weighted by Crippen LogP contribution is -2.29. The van der Waals surface area contributed by atoms with Gasteiger partial charge >= 0.3 is 0 Å². The van der Waals surface area contributed by atoms with E-state index < -0.39 is 23.5 Å². The summed E-state index contributed by atoms with van der Waals surface area (Å²) in [7, 11) is 0. The maximum Gasteiger partial charge on any atom is 0.300 e. The van der Waals surface area contributed by atoms with Crippen LogP contribution in [0.1, 0.15) is 17.2 Å². The first-order chi connectivity index (χ1) is 15.6. The molecular weight excluding hydrogens is 405 g/mol. The van der Waals surface area contributed by atoms with E-state index in [1.807, 2.05) is 30.3 Å². The monoisotopic (exact) mass is 423 g/mol. The number of hydrogen-bond acceptors (Lipinski definition) is 3. The normalized spacial score (nSPS) is 17.8. The van der Waals surface area contributed by atoms with Gasteiger partial charge in [0.15, 0.2) is 0 Å². The number of aliphatic hydroxyl groups is 1. The average Bonchev–Trinajstić information content (AvgIpc) is 3.09. The summed E-state index contributed by atoms with van der Waals surface area (Å²) >= 11 is 0. The van der Waals surface area contributed by atoms with Gasteiger partial charge in [-0.3, -0.25) is 14.5 Å². The summed E-state index contributed by atoms with van der Waals surface area (Å²) in [5, 5.41) is 13.1. The fourth-order valence-corrected chi connectivity index (χ4v) is 4.17. The Morgan fingerprint density at radius 3 is 2.19 bits per heavy atom. The van der Waals surface area contributed by atoms with Crippen LogP contribution in [0.4, 0.5) is 10.1 Å². The highest BCUT2D eigenvalue weighted by Gasteiger charge is 2.47. The molecule has 4 aromatic carbocycles. The molecule has 0 aromatic heterocycles. The second-order valence-corrected chi connectivity index (χ2v) is 7.59. The number of ketones is 1. The smallest absolute Gasteiger partial charge is 0.300 e. The molecule has 4 aromatic rings. The maximum atomic E-state index is 14.9. The molecule has 156 valence electrons. The first-order valence-corrected chi connectivity index (χ1v) is 10.2. The van der Waals surface area contributed by atoms with Crippen LogP contribution in [0.15, 0.2) is 103 Å². The number of para-hydroxylation sites is 1. The van der Waals surface area contributed by atoms with Gasteiger partial charge in [-0.05, 0) is 35.0 Å². The minimum absolute atomic E-state index is 0.137. The Morgan fingerprint density at radius 2 is 1.44 bits per heavy atom. The van der Waals surface area contributed by atoms with Gasteiger partial charge in [0.05, 0.1) is 11.6 Å². The summed E-state index contributed by atoms with van der Waals surface area (Å²) in [4.78, 5) is 27.4. The van der Waals surface area contributed by atoms with Gasteiger partial charge in [-0.2, -0.15) is 0 Å². The third-order valence-corrected chi connectivity index (χ3v) is 5.70. The zero-order valence-corrected chi connectivity index (χ0v) is 16.9. The molecule has 1 unspecified atom stereocenters. The number of hydrogen-bond donors (Lipinski definition) is 1. The lowest BCUT2D eigenvalue weighted by Gasteiger charge is -2.25. The van der Waals surface area contributed by atoms with Crippen LogP contribution in [-0.4, -0.2) is 16.8 Å². The Bertz CT molecular complexity index is 1390. The van der Waals surface area contributed by atoms with E-state index in [0.29, 0.717) is 11.3 Å². The molecular formula is C27H18FNO3. The van der Waals surface area contributed by atoms with Crippen LogP contribution in [-0.2, 0) is 9.59 Å². The van der Waals surface area contributed by atoms with Crippen LogP contribution in [0.5, 0.6) is 0 Å². The van der Waals surface area contributed by atoms with Crippen molar-refractivity contribution < 1.29 is 19.1 Å². The number of nitrogens with zero attached hydrogens (tertiary/aromatic N) is 1. The molecule has 0 saturated carbocycles. The quantitative estimate of drug-likeness (QED) is 0.265. The molecule has 1 aliphatic rings. The molecule has 1 fully saturated rings. The Balaban J connectivity index is 1.75. The van der Waals surface area contributed by atoms with Crippen molar-refractivity contribution in [2.75, 3.05) is 4.90 Å². The molecule has 0 bridgehead atoms. The number of benzene rings is 4. The standard InChI is InChI=1S/C27H18FNO3/c28-22-13-7-6-12-21(22)24-23(26(31)27(32)29(24)20-10-2-1-3-11-20)25(30)19-15-14-17-8-4-5-9-18(17)16-19/h1-16,24,30H/b25-23+. The fraction of sp³-hybridized carbons (Fsp3) is 0.0370. The maximum absolute atomic E-state index is 14.9. The van der Waals surface area contributed by atoms with E-state index in [0.717, 1.165) is 10.8 Å². The Morgan fingerprint density at radius 1 is 0.781 bits per heavy atom. The Hall–Kier alpha value is -4.25. The highest BCUT2D eigenvalue weighted by atomic mass is 19.1. The molecule has 1 atom stereocenters. The molecule has 4 nitrogen and oxygen atoms in total. The SMILES string of the molecule is O=C1C(=O)N(c2ccccc2)C(c2ccccc2F)/C1=C(\O)c1ccc2ccccc2c1. The van der Waals surface area contributed by atoms with Crippen molar-refractivity contribution in [3.8, 4) is 0 Å². The summed E-state index contributed by atoms with van der Waals surface area (Å²) in [5.41, 5.74) is 0.827. The second kappa shape index (κ2) is 7.78. The minimum atomic E-state index is -1.09. The minimum Gasteiger partial charge on any atom is -0.507 e. The molecule has 1 amide bonds. The summed E-state index contributed by atoms with van der Waals surface area (Å²) in [6.07, 6.45) is 0. The molecule has 0 spiro atoms. The molecule has 1 saturated heterocycles. The molecule has 0 aliphatic carbocycles. The number of fused-ring (bicyclic) bond motifs is 1. The van der Waals surface area contributed by atoms with Crippen molar-refractivity contribution in [2.45, 2.75) is 6.04 Å². The van der Waals surface area contributed by atoms with Crippen molar-refractivity contribution in [3.63, 3.8) is 0 Å². The number of aliphatic hydroxyl groups excluding tert-OH is 1. The zero-order chi connectivity index (χ0) is 22.2. The van der Waals surface area contributed by atoms with E-state index in [4.69, 9.17) is 0 Å². The number of carbonyl (C=O) groups excluding carboxylic acids is 2. The van der Waals surface area contributed by atoms with E-state index in [9.17, 15) is 19.1 Å². The van der Waals surface area contributed by atoms with Crippen LogP contribution >= 0.6 is 0 Å². The largest absolute Gasteiger partial charge is 0.507 e. The highest BCUT2D eigenvalue weighted by molar-refractivity contribution is 6.51. The van der Waals surface area contributed by atoms with Crippen molar-refractivity contribution in [1.29, 1.82) is 0 Å². The molecule has 1 aliphatic heterocycles. The van der Waals surface area contributed by atoms with E-state index in [1.165, 1.54) is 23.1 Å². The van der Waals surface area contributed by atoms with Gasteiger partial charge in [-0.25, -0.2) is 4.39 Å². The van der Waals surface area contributed by atoms with Gasteiger partial charge in [-0.1, -0.05) is 72.8 Å². The topological polar surface area (TPSA) is 57.6 Å². The third-order valence-electron chi connectivity index (χ3n) is 5.70. The van der Waals surface area contributed by atoms with E-state index in [-0.39, 0.29) is 16.9 Å². The van der Waals surface area contributed by atoms with Gasteiger partial charge in [0.2, 0.25) is 0 Å². The van der Waals surface area contributed by atoms with Gasteiger partial charge in [-0.15, -0.1) is 0 Å².